The van der Waals surface area contributed by atoms with E-state index in [1.807, 2.05) is 48.5 Å². The molecular formula is C33H27FNO+. The van der Waals surface area contributed by atoms with E-state index in [-0.39, 0.29) is 5.82 Å². The standard InChI is InChI=1S/C33H27FNO/c1-20-10-15-26-27-16-17-28(34)31(25-13-11-24(12-14-25)23-8-6-5-7-9-23)33(27)36-32(26)30(20)29-18-21(2)22(3)19-35(29)4/h5-19H,1-4H3/q+1. The SMILES string of the molecule is Cc1cc(-c2c(C)ccc3c2oc2c(-c4ccc(-c5ccccc5)cc4)c(F)ccc23)[n+](C)cc1C. The number of fused-ring (bicyclic) bond motifs is 3. The van der Waals surface area contributed by atoms with Crippen molar-refractivity contribution in [1.29, 1.82) is 0 Å². The molecule has 0 unspecified atom stereocenters. The highest BCUT2D eigenvalue weighted by Gasteiger charge is 2.23. The number of nitrogens with zero attached hydrogens (tertiary/aromatic N) is 1. The maximum absolute atomic E-state index is 15.4. The first-order valence-electron chi connectivity index (χ1n) is 12.2. The van der Waals surface area contributed by atoms with Crippen molar-refractivity contribution in [3.63, 3.8) is 0 Å². The van der Waals surface area contributed by atoms with Crippen molar-refractivity contribution in [2.75, 3.05) is 0 Å². The maximum Gasteiger partial charge on any atom is 0.216 e. The zero-order valence-corrected chi connectivity index (χ0v) is 20.9. The first-order valence-corrected chi connectivity index (χ1v) is 12.2. The van der Waals surface area contributed by atoms with Crippen LogP contribution < -0.4 is 4.57 Å². The Morgan fingerprint density at radius 2 is 1.22 bits per heavy atom. The van der Waals surface area contributed by atoms with Gasteiger partial charge in [0.25, 0.3) is 0 Å². The number of hydrogen-bond acceptors (Lipinski definition) is 1. The molecule has 0 saturated heterocycles. The predicted octanol–water partition coefficient (Wildman–Crippen LogP) is 8.48. The molecule has 36 heavy (non-hydrogen) atoms. The second kappa shape index (κ2) is 8.46. The lowest BCUT2D eigenvalue weighted by atomic mass is 9.97. The Hall–Kier alpha value is -4.24. The summed E-state index contributed by atoms with van der Waals surface area (Å²) in [5.74, 6) is -0.288. The molecule has 0 radical (unpaired) electrons. The Morgan fingerprint density at radius 1 is 0.611 bits per heavy atom. The molecule has 2 heterocycles. The third-order valence-corrected chi connectivity index (χ3v) is 7.25. The van der Waals surface area contributed by atoms with Crippen molar-refractivity contribution in [3.05, 3.63) is 114 Å². The number of rotatable bonds is 3. The monoisotopic (exact) mass is 472 g/mol. The molecule has 3 heteroatoms. The highest BCUT2D eigenvalue weighted by molar-refractivity contribution is 6.13. The van der Waals surface area contributed by atoms with Crippen LogP contribution in [0.4, 0.5) is 4.39 Å². The van der Waals surface area contributed by atoms with Gasteiger partial charge >= 0.3 is 0 Å². The lowest BCUT2D eigenvalue weighted by Crippen LogP contribution is -2.31. The highest BCUT2D eigenvalue weighted by Crippen LogP contribution is 2.42. The Labute approximate surface area is 210 Å². The van der Waals surface area contributed by atoms with Crippen LogP contribution in [-0.2, 0) is 7.05 Å². The van der Waals surface area contributed by atoms with Crippen LogP contribution in [0.15, 0.2) is 95.5 Å². The number of aryl methyl sites for hydroxylation is 4. The fraction of sp³-hybridized carbons (Fsp3) is 0.121. The molecule has 0 bridgehead atoms. The van der Waals surface area contributed by atoms with E-state index in [0.29, 0.717) is 11.1 Å². The average molecular weight is 473 g/mol. The van der Waals surface area contributed by atoms with Gasteiger partial charge in [0.15, 0.2) is 6.20 Å². The number of furan rings is 1. The fourth-order valence-electron chi connectivity index (χ4n) is 5.16. The molecule has 0 N–H and O–H groups in total. The lowest BCUT2D eigenvalue weighted by molar-refractivity contribution is -0.660. The average Bonchev–Trinajstić information content (AvgIpc) is 3.25. The Bertz CT molecular complexity index is 1760. The van der Waals surface area contributed by atoms with Gasteiger partial charge in [-0.2, -0.15) is 0 Å². The molecule has 0 fully saturated rings. The molecule has 4 aromatic carbocycles. The van der Waals surface area contributed by atoms with E-state index in [0.717, 1.165) is 49.9 Å². The summed E-state index contributed by atoms with van der Waals surface area (Å²) in [6.45, 7) is 6.34. The van der Waals surface area contributed by atoms with Crippen molar-refractivity contribution in [3.8, 4) is 33.5 Å². The Kier molecular flexibility index (Phi) is 5.22. The van der Waals surface area contributed by atoms with Crippen LogP contribution in [0.5, 0.6) is 0 Å². The van der Waals surface area contributed by atoms with Gasteiger partial charge in [-0.05, 0) is 60.7 Å². The van der Waals surface area contributed by atoms with Gasteiger partial charge in [-0.3, -0.25) is 0 Å². The minimum absolute atomic E-state index is 0.288. The van der Waals surface area contributed by atoms with Gasteiger partial charge in [0.2, 0.25) is 5.69 Å². The first-order chi connectivity index (χ1) is 17.4. The molecule has 0 amide bonds. The van der Waals surface area contributed by atoms with Gasteiger partial charge in [0.1, 0.15) is 24.0 Å². The minimum atomic E-state index is -0.288. The maximum atomic E-state index is 15.4. The Balaban J connectivity index is 1.59. The summed E-state index contributed by atoms with van der Waals surface area (Å²) in [6, 6.07) is 28.0. The van der Waals surface area contributed by atoms with Crippen molar-refractivity contribution in [2.24, 2.45) is 7.05 Å². The van der Waals surface area contributed by atoms with Crippen molar-refractivity contribution >= 4 is 21.9 Å². The van der Waals surface area contributed by atoms with Crippen molar-refractivity contribution in [1.82, 2.24) is 0 Å². The second-order valence-corrected chi connectivity index (χ2v) is 9.61. The van der Waals surface area contributed by atoms with Crippen LogP contribution in [0.25, 0.3) is 55.4 Å². The fourth-order valence-corrected chi connectivity index (χ4v) is 5.16. The van der Waals surface area contributed by atoms with Crippen LogP contribution in [0, 0.1) is 26.6 Å². The molecule has 2 nitrogen and oxygen atoms in total. The molecule has 6 rings (SSSR count). The van der Waals surface area contributed by atoms with Gasteiger partial charge in [-0.25, -0.2) is 8.96 Å². The largest absolute Gasteiger partial charge is 0.454 e. The number of halogens is 1. The minimum Gasteiger partial charge on any atom is -0.454 e. The van der Waals surface area contributed by atoms with Crippen LogP contribution in [-0.4, -0.2) is 0 Å². The van der Waals surface area contributed by atoms with Crippen LogP contribution in [0.2, 0.25) is 0 Å². The molecule has 0 atom stereocenters. The normalized spacial score (nSPS) is 11.5. The summed E-state index contributed by atoms with van der Waals surface area (Å²) >= 11 is 0. The highest BCUT2D eigenvalue weighted by atomic mass is 19.1. The van der Waals surface area contributed by atoms with Gasteiger partial charge in [0, 0.05) is 22.4 Å². The number of benzene rings is 4. The van der Waals surface area contributed by atoms with E-state index in [4.69, 9.17) is 4.42 Å². The predicted molar refractivity (Wildman–Crippen MR) is 145 cm³/mol. The third kappa shape index (κ3) is 3.51. The summed E-state index contributed by atoms with van der Waals surface area (Å²) in [7, 11) is 2.06. The lowest BCUT2D eigenvalue weighted by Gasteiger charge is -2.08. The summed E-state index contributed by atoms with van der Waals surface area (Å²) in [5, 5.41) is 1.91. The van der Waals surface area contributed by atoms with E-state index in [1.54, 1.807) is 6.07 Å². The summed E-state index contributed by atoms with van der Waals surface area (Å²) < 4.78 is 24.1. The van der Waals surface area contributed by atoms with Gasteiger partial charge < -0.3 is 4.42 Å². The summed E-state index contributed by atoms with van der Waals surface area (Å²) in [5.41, 5.74) is 10.6. The molecule has 2 aromatic heterocycles. The number of hydrogen-bond donors (Lipinski definition) is 0. The van der Waals surface area contributed by atoms with Crippen molar-refractivity contribution < 1.29 is 13.4 Å². The molecule has 0 aliphatic carbocycles. The van der Waals surface area contributed by atoms with E-state index in [1.165, 1.54) is 11.1 Å². The number of aromatic nitrogens is 1. The van der Waals surface area contributed by atoms with E-state index >= 15 is 4.39 Å². The van der Waals surface area contributed by atoms with Crippen LogP contribution >= 0.6 is 0 Å². The zero-order chi connectivity index (χ0) is 25.0. The zero-order valence-electron chi connectivity index (χ0n) is 20.9. The molecule has 0 aliphatic heterocycles. The smallest absolute Gasteiger partial charge is 0.216 e. The van der Waals surface area contributed by atoms with E-state index in [2.05, 4.69) is 68.9 Å². The molecule has 6 aromatic rings. The van der Waals surface area contributed by atoms with E-state index < -0.39 is 0 Å². The molecule has 0 spiro atoms. The first kappa shape index (κ1) is 22.2. The topological polar surface area (TPSA) is 17.0 Å². The summed E-state index contributed by atoms with van der Waals surface area (Å²) in [6.07, 6.45) is 2.14. The Morgan fingerprint density at radius 3 is 1.94 bits per heavy atom. The summed E-state index contributed by atoms with van der Waals surface area (Å²) in [4.78, 5) is 0. The molecule has 0 aliphatic rings. The second-order valence-electron chi connectivity index (χ2n) is 9.61. The van der Waals surface area contributed by atoms with Crippen LogP contribution in [0.1, 0.15) is 16.7 Å². The molecule has 0 saturated carbocycles. The van der Waals surface area contributed by atoms with Crippen molar-refractivity contribution in [2.45, 2.75) is 20.8 Å². The molecular weight excluding hydrogens is 445 g/mol. The quantitative estimate of drug-likeness (QED) is 0.236. The molecule has 176 valence electrons. The van der Waals surface area contributed by atoms with E-state index in [9.17, 15) is 0 Å². The van der Waals surface area contributed by atoms with Gasteiger partial charge in [0.05, 0.1) is 11.1 Å². The van der Waals surface area contributed by atoms with Gasteiger partial charge in [-0.15, -0.1) is 0 Å². The third-order valence-electron chi connectivity index (χ3n) is 7.25. The number of pyridine rings is 1. The van der Waals surface area contributed by atoms with Crippen LogP contribution in [0.3, 0.4) is 0 Å². The van der Waals surface area contributed by atoms with Gasteiger partial charge in [-0.1, -0.05) is 66.7 Å².